The molecule has 0 saturated carbocycles. The third kappa shape index (κ3) is 3.52. The average molecular weight is 438 g/mol. The van der Waals surface area contributed by atoms with E-state index in [-0.39, 0.29) is 0 Å². The first-order valence-corrected chi connectivity index (χ1v) is 11.0. The lowest BCUT2D eigenvalue weighted by Crippen LogP contribution is -2.27. The van der Waals surface area contributed by atoms with Crippen molar-refractivity contribution in [2.75, 3.05) is 11.9 Å². The number of nitrogens with zero attached hydrogens (tertiary/aromatic N) is 6. The van der Waals surface area contributed by atoms with Gasteiger partial charge in [0, 0.05) is 48.3 Å². The first-order chi connectivity index (χ1) is 16.3. The van der Waals surface area contributed by atoms with Crippen molar-refractivity contribution >= 4 is 16.7 Å². The predicted octanol–water partition coefficient (Wildman–Crippen LogP) is 3.17. The average Bonchev–Trinajstić information content (AvgIpc) is 3.50. The van der Waals surface area contributed by atoms with Crippen molar-refractivity contribution in [3.8, 4) is 17.3 Å². The molecule has 6 rings (SSSR count). The number of rotatable bonds is 5. The molecule has 2 aromatic carbocycles. The second-order valence-corrected chi connectivity index (χ2v) is 8.16. The molecule has 0 fully saturated rings. The fourth-order valence-electron chi connectivity index (χ4n) is 4.46. The Morgan fingerprint density at radius 3 is 2.82 bits per heavy atom. The molecule has 3 aromatic heterocycles. The van der Waals surface area contributed by atoms with Crippen LogP contribution in [0.5, 0.6) is 0 Å². The number of hydrogen-bond donors (Lipinski definition) is 3. The van der Waals surface area contributed by atoms with Gasteiger partial charge in [0.1, 0.15) is 5.82 Å². The summed E-state index contributed by atoms with van der Waals surface area (Å²) in [6.45, 7) is 4.45. The number of benzene rings is 2. The van der Waals surface area contributed by atoms with Crippen molar-refractivity contribution in [2.45, 2.75) is 26.4 Å². The van der Waals surface area contributed by atoms with Gasteiger partial charge >= 0.3 is 0 Å². The fourth-order valence-corrected chi connectivity index (χ4v) is 4.46. The Labute approximate surface area is 190 Å². The smallest absolute Gasteiger partial charge is 0.236 e. The van der Waals surface area contributed by atoms with Crippen LogP contribution in [0.3, 0.4) is 0 Å². The maximum Gasteiger partial charge on any atom is 0.236 e. The second kappa shape index (κ2) is 8.10. The lowest BCUT2D eigenvalue weighted by molar-refractivity contribution is 0.624. The van der Waals surface area contributed by atoms with E-state index in [9.17, 15) is 0 Å². The number of nitrogens with one attached hydrogen (secondary N) is 3. The van der Waals surface area contributed by atoms with Gasteiger partial charge in [-0.05, 0) is 29.8 Å². The number of aryl methyl sites for hydroxylation is 1. The molecule has 9 heteroatoms. The lowest BCUT2D eigenvalue weighted by Gasteiger charge is -2.21. The Bertz CT molecular complexity index is 1420. The number of aromatic nitrogens is 7. The zero-order valence-electron chi connectivity index (χ0n) is 18.2. The predicted molar refractivity (Wildman–Crippen MR) is 126 cm³/mol. The summed E-state index contributed by atoms with van der Waals surface area (Å²) in [4.78, 5) is 9.99. The van der Waals surface area contributed by atoms with Crippen LogP contribution in [0.15, 0.2) is 54.6 Å². The SMILES string of the molecule is Cc1cc2c(-c3nn[nH]n3)cccc2n1-c1nc2c(c(NCc3ccccc3)n1)CNCC2. The molecule has 0 spiro atoms. The molecule has 0 bridgehead atoms. The van der Waals surface area contributed by atoms with Gasteiger partial charge in [-0.3, -0.25) is 4.57 Å². The van der Waals surface area contributed by atoms with E-state index in [1.165, 1.54) is 5.56 Å². The van der Waals surface area contributed by atoms with Gasteiger partial charge in [0.15, 0.2) is 0 Å². The van der Waals surface area contributed by atoms with Crippen LogP contribution in [0.1, 0.15) is 22.5 Å². The van der Waals surface area contributed by atoms with E-state index in [2.05, 4.69) is 79.1 Å². The molecular formula is C24H23N9. The second-order valence-electron chi connectivity index (χ2n) is 8.16. The normalized spacial score (nSPS) is 13.2. The zero-order valence-corrected chi connectivity index (χ0v) is 18.2. The van der Waals surface area contributed by atoms with Gasteiger partial charge in [-0.15, -0.1) is 10.2 Å². The molecule has 164 valence electrons. The molecule has 3 N–H and O–H groups in total. The maximum atomic E-state index is 5.00. The summed E-state index contributed by atoms with van der Waals surface area (Å²) < 4.78 is 2.11. The number of tetrazole rings is 1. The Morgan fingerprint density at radius 2 is 1.97 bits per heavy atom. The van der Waals surface area contributed by atoms with Crippen LogP contribution >= 0.6 is 0 Å². The van der Waals surface area contributed by atoms with Gasteiger partial charge in [-0.25, -0.2) is 4.98 Å². The van der Waals surface area contributed by atoms with Crippen molar-refractivity contribution in [1.82, 2.24) is 40.5 Å². The highest BCUT2D eigenvalue weighted by molar-refractivity contribution is 5.95. The standard InChI is InChI=1S/C24H23N9/c1-15-12-18-17(23-29-31-32-30-23)8-5-9-21(18)33(15)24-27-20-10-11-25-14-19(20)22(28-24)26-13-16-6-3-2-4-7-16/h2-9,12,25H,10-11,13-14H2,1H3,(H,26,27,28)(H,29,30,31,32). The number of hydrogen-bond acceptors (Lipinski definition) is 7. The van der Waals surface area contributed by atoms with Crippen molar-refractivity contribution in [2.24, 2.45) is 0 Å². The summed E-state index contributed by atoms with van der Waals surface area (Å²) in [6, 6.07) is 18.6. The Hall–Kier alpha value is -4.11. The van der Waals surface area contributed by atoms with E-state index in [0.29, 0.717) is 18.3 Å². The monoisotopic (exact) mass is 437 g/mol. The molecule has 4 heterocycles. The van der Waals surface area contributed by atoms with Gasteiger partial charge < -0.3 is 10.6 Å². The number of H-pyrrole nitrogens is 1. The molecule has 0 amide bonds. The Kier molecular flexibility index (Phi) is 4.80. The van der Waals surface area contributed by atoms with Crippen LogP contribution in [0.4, 0.5) is 5.82 Å². The van der Waals surface area contributed by atoms with Gasteiger partial charge in [0.05, 0.1) is 11.2 Å². The van der Waals surface area contributed by atoms with Crippen molar-refractivity contribution in [3.05, 3.63) is 77.1 Å². The number of fused-ring (bicyclic) bond motifs is 2. The molecule has 0 radical (unpaired) electrons. The molecule has 0 saturated heterocycles. The van der Waals surface area contributed by atoms with E-state index in [1.807, 2.05) is 18.2 Å². The van der Waals surface area contributed by atoms with Crippen LogP contribution < -0.4 is 10.6 Å². The van der Waals surface area contributed by atoms with E-state index in [1.54, 1.807) is 0 Å². The molecule has 33 heavy (non-hydrogen) atoms. The van der Waals surface area contributed by atoms with Gasteiger partial charge in [0.25, 0.3) is 0 Å². The highest BCUT2D eigenvalue weighted by atomic mass is 15.5. The molecular weight excluding hydrogens is 414 g/mol. The van der Waals surface area contributed by atoms with Crippen molar-refractivity contribution in [3.63, 3.8) is 0 Å². The first-order valence-electron chi connectivity index (χ1n) is 11.0. The van der Waals surface area contributed by atoms with Gasteiger partial charge in [-0.1, -0.05) is 42.5 Å². The largest absolute Gasteiger partial charge is 0.366 e. The van der Waals surface area contributed by atoms with Crippen LogP contribution in [-0.4, -0.2) is 41.7 Å². The third-order valence-electron chi connectivity index (χ3n) is 6.04. The molecule has 0 unspecified atom stereocenters. The summed E-state index contributed by atoms with van der Waals surface area (Å²) in [5.41, 5.74) is 6.42. The van der Waals surface area contributed by atoms with E-state index in [4.69, 9.17) is 9.97 Å². The van der Waals surface area contributed by atoms with Crippen molar-refractivity contribution < 1.29 is 0 Å². The van der Waals surface area contributed by atoms with Gasteiger partial charge in [0.2, 0.25) is 11.8 Å². The highest BCUT2D eigenvalue weighted by Crippen LogP contribution is 2.31. The summed E-state index contributed by atoms with van der Waals surface area (Å²) >= 11 is 0. The molecule has 0 atom stereocenters. The highest BCUT2D eigenvalue weighted by Gasteiger charge is 2.21. The molecule has 9 nitrogen and oxygen atoms in total. The quantitative estimate of drug-likeness (QED) is 0.387. The van der Waals surface area contributed by atoms with Crippen LogP contribution in [0, 0.1) is 6.92 Å². The molecule has 5 aromatic rings. The van der Waals surface area contributed by atoms with Gasteiger partial charge in [-0.2, -0.15) is 10.2 Å². The zero-order chi connectivity index (χ0) is 22.2. The van der Waals surface area contributed by atoms with Crippen LogP contribution in [0.2, 0.25) is 0 Å². The summed E-state index contributed by atoms with van der Waals surface area (Å²) in [5.74, 6) is 2.12. The minimum Gasteiger partial charge on any atom is -0.366 e. The minimum atomic E-state index is 0.570. The number of anilines is 1. The van der Waals surface area contributed by atoms with Crippen LogP contribution in [-0.2, 0) is 19.5 Å². The molecule has 1 aliphatic rings. The molecule has 0 aliphatic carbocycles. The summed E-state index contributed by atoms with van der Waals surface area (Å²) in [6.07, 6.45) is 0.872. The fraction of sp³-hybridized carbons (Fsp3) is 0.208. The summed E-state index contributed by atoms with van der Waals surface area (Å²) in [5, 5.41) is 22.6. The van der Waals surface area contributed by atoms with Crippen molar-refractivity contribution in [1.29, 1.82) is 0 Å². The number of aromatic amines is 1. The van der Waals surface area contributed by atoms with E-state index >= 15 is 0 Å². The maximum absolute atomic E-state index is 5.00. The summed E-state index contributed by atoms with van der Waals surface area (Å²) in [7, 11) is 0. The molecule has 1 aliphatic heterocycles. The lowest BCUT2D eigenvalue weighted by atomic mass is 10.1. The Balaban J connectivity index is 1.47. The van der Waals surface area contributed by atoms with E-state index in [0.717, 1.165) is 58.7 Å². The third-order valence-corrected chi connectivity index (χ3v) is 6.04. The van der Waals surface area contributed by atoms with E-state index < -0.39 is 0 Å². The first kappa shape index (κ1) is 19.6. The minimum absolute atomic E-state index is 0.570. The van der Waals surface area contributed by atoms with Crippen LogP contribution in [0.25, 0.3) is 28.2 Å². The Morgan fingerprint density at radius 1 is 1.06 bits per heavy atom. The topological polar surface area (TPSA) is 109 Å².